The van der Waals surface area contributed by atoms with Gasteiger partial charge in [-0.3, -0.25) is 4.90 Å². The fraction of sp³-hybridized carbons (Fsp3) is 0.296. The quantitative estimate of drug-likeness (QED) is 0.569. The van der Waals surface area contributed by atoms with Crippen LogP contribution in [0.5, 0.6) is 5.75 Å². The summed E-state index contributed by atoms with van der Waals surface area (Å²) in [7, 11) is 0. The smallest absolute Gasteiger partial charge is 0.137 e. The Kier molecular flexibility index (Phi) is 6.50. The van der Waals surface area contributed by atoms with Gasteiger partial charge in [-0.2, -0.15) is 0 Å². The van der Waals surface area contributed by atoms with Crippen molar-refractivity contribution in [3.8, 4) is 16.9 Å². The molecule has 0 unspecified atom stereocenters. The molecule has 0 aliphatic carbocycles. The number of rotatable bonds is 7. The molecule has 0 saturated carbocycles. The first-order chi connectivity index (χ1) is 15.0. The van der Waals surface area contributed by atoms with Crippen LogP contribution in [0.15, 0.2) is 66.7 Å². The van der Waals surface area contributed by atoms with Crippen LogP contribution in [0.2, 0.25) is 0 Å². The van der Waals surface area contributed by atoms with Gasteiger partial charge in [-0.1, -0.05) is 60.7 Å². The van der Waals surface area contributed by atoms with Crippen LogP contribution in [-0.2, 0) is 17.9 Å². The first-order valence-electron chi connectivity index (χ1n) is 10.8. The van der Waals surface area contributed by atoms with Crippen LogP contribution in [0.1, 0.15) is 28.7 Å². The van der Waals surface area contributed by atoms with Gasteiger partial charge in [-0.05, 0) is 59.7 Å². The number of ether oxygens (including phenoxy) is 1. The minimum Gasteiger partial charge on any atom is -0.489 e. The molecule has 0 aromatic heterocycles. The van der Waals surface area contributed by atoms with E-state index in [0.29, 0.717) is 26.1 Å². The minimum absolute atomic E-state index is 0.203. The number of nitrogens with zero attached hydrogens (tertiary/aromatic N) is 1. The lowest BCUT2D eigenvalue weighted by Crippen LogP contribution is -2.30. The van der Waals surface area contributed by atoms with Gasteiger partial charge in [0.15, 0.2) is 0 Å². The molecule has 3 aromatic carbocycles. The van der Waals surface area contributed by atoms with E-state index in [4.69, 9.17) is 4.74 Å². The van der Waals surface area contributed by atoms with Crippen molar-refractivity contribution in [1.29, 1.82) is 0 Å². The van der Waals surface area contributed by atoms with E-state index >= 15 is 0 Å². The molecule has 31 heavy (non-hydrogen) atoms. The second-order valence-corrected chi connectivity index (χ2v) is 8.37. The third-order valence-electron chi connectivity index (χ3n) is 6.12. The molecule has 1 aliphatic rings. The highest BCUT2D eigenvalue weighted by Crippen LogP contribution is 2.28. The van der Waals surface area contributed by atoms with E-state index in [1.165, 1.54) is 22.3 Å². The largest absolute Gasteiger partial charge is 0.489 e. The van der Waals surface area contributed by atoms with Crippen molar-refractivity contribution < 1.29 is 14.6 Å². The molecule has 3 aromatic rings. The third-order valence-corrected chi connectivity index (χ3v) is 6.12. The average Bonchev–Trinajstić information content (AvgIpc) is 3.13. The molecule has 4 rings (SSSR count). The van der Waals surface area contributed by atoms with E-state index in [1.54, 1.807) is 0 Å². The Labute approximate surface area is 184 Å². The van der Waals surface area contributed by atoms with Gasteiger partial charge in [0, 0.05) is 13.1 Å². The number of carbonyl (C=O) groups is 1. The molecule has 1 N–H and O–H groups in total. The highest BCUT2D eigenvalue weighted by molar-refractivity contribution is 5.68. The summed E-state index contributed by atoms with van der Waals surface area (Å²) in [5.74, 6) is 0.863. The second kappa shape index (κ2) is 9.46. The number of β-amino-alcohol motifs (C(OH)–C–C–N with tert-alkyl or cyclic N) is 1. The monoisotopic (exact) mass is 415 g/mol. The molecule has 4 nitrogen and oxygen atoms in total. The van der Waals surface area contributed by atoms with Crippen molar-refractivity contribution in [2.75, 3.05) is 6.54 Å². The van der Waals surface area contributed by atoms with Crippen molar-refractivity contribution in [2.45, 2.75) is 45.6 Å². The lowest BCUT2D eigenvalue weighted by atomic mass is 9.97. The molecule has 0 amide bonds. The van der Waals surface area contributed by atoms with Crippen LogP contribution in [-0.4, -0.2) is 35.0 Å². The van der Waals surface area contributed by atoms with Crippen LogP contribution in [0, 0.1) is 13.8 Å². The van der Waals surface area contributed by atoms with Crippen molar-refractivity contribution in [3.05, 3.63) is 89.0 Å². The van der Waals surface area contributed by atoms with Gasteiger partial charge in [0.25, 0.3) is 0 Å². The third kappa shape index (κ3) is 4.87. The number of benzene rings is 3. The van der Waals surface area contributed by atoms with E-state index in [0.717, 1.165) is 23.2 Å². The predicted molar refractivity (Wildman–Crippen MR) is 123 cm³/mol. The van der Waals surface area contributed by atoms with Gasteiger partial charge in [0.05, 0.1) is 12.1 Å². The SMILES string of the molecule is Cc1cc(CN2C[C@H](O)C[C@@H]2C=O)ccc1OCc1cccc(-c2ccccc2)c1C. The van der Waals surface area contributed by atoms with Crippen LogP contribution in [0.25, 0.3) is 11.1 Å². The number of aliphatic hydroxyl groups excluding tert-OH is 1. The molecule has 1 aliphatic heterocycles. The lowest BCUT2D eigenvalue weighted by Gasteiger charge is -2.20. The molecule has 4 heteroatoms. The molecular weight excluding hydrogens is 386 g/mol. The summed E-state index contributed by atoms with van der Waals surface area (Å²) >= 11 is 0. The Bertz CT molecular complexity index is 1050. The molecule has 1 saturated heterocycles. The molecule has 1 fully saturated rings. The Morgan fingerprint density at radius 1 is 1.06 bits per heavy atom. The number of carbonyl (C=O) groups excluding carboxylic acids is 1. The summed E-state index contributed by atoms with van der Waals surface area (Å²) in [5.41, 5.74) is 7.03. The Hall–Kier alpha value is -2.95. The zero-order valence-electron chi connectivity index (χ0n) is 18.1. The van der Waals surface area contributed by atoms with Crippen LogP contribution < -0.4 is 4.74 Å². The highest BCUT2D eigenvalue weighted by Gasteiger charge is 2.30. The van der Waals surface area contributed by atoms with Crippen LogP contribution in [0.4, 0.5) is 0 Å². The summed E-state index contributed by atoms with van der Waals surface area (Å²) in [5, 5.41) is 9.85. The molecule has 0 bridgehead atoms. The standard InChI is InChI=1S/C27H29NO3/c1-19-13-21(15-28-16-25(30)14-24(28)17-29)11-12-27(19)31-18-23-9-6-10-26(20(23)2)22-7-4-3-5-8-22/h3-13,17,24-25,30H,14-16,18H2,1-2H3/t24-,25-/m1/s1. The summed E-state index contributed by atoms with van der Waals surface area (Å²) < 4.78 is 6.17. The van der Waals surface area contributed by atoms with Gasteiger partial charge in [-0.15, -0.1) is 0 Å². The fourth-order valence-electron chi connectivity index (χ4n) is 4.36. The molecule has 2 atom stereocenters. The zero-order chi connectivity index (χ0) is 21.8. The van der Waals surface area contributed by atoms with E-state index in [1.807, 2.05) is 30.0 Å². The molecular formula is C27H29NO3. The number of hydrogen-bond donors (Lipinski definition) is 1. The maximum atomic E-state index is 11.3. The Morgan fingerprint density at radius 3 is 2.61 bits per heavy atom. The maximum Gasteiger partial charge on any atom is 0.137 e. The highest BCUT2D eigenvalue weighted by atomic mass is 16.5. The van der Waals surface area contributed by atoms with Crippen molar-refractivity contribution in [1.82, 2.24) is 4.90 Å². The van der Waals surface area contributed by atoms with E-state index < -0.39 is 6.10 Å². The molecule has 0 spiro atoms. The van der Waals surface area contributed by atoms with Crippen LogP contribution >= 0.6 is 0 Å². The number of likely N-dealkylation sites (tertiary alicyclic amines) is 1. The van der Waals surface area contributed by atoms with Gasteiger partial charge in [0.2, 0.25) is 0 Å². The summed E-state index contributed by atoms with van der Waals surface area (Å²) in [6, 6.07) is 22.7. The van der Waals surface area contributed by atoms with Crippen molar-refractivity contribution in [3.63, 3.8) is 0 Å². The van der Waals surface area contributed by atoms with Gasteiger partial charge in [0.1, 0.15) is 18.6 Å². The lowest BCUT2D eigenvalue weighted by molar-refractivity contribution is -0.111. The van der Waals surface area contributed by atoms with E-state index in [-0.39, 0.29) is 6.04 Å². The average molecular weight is 416 g/mol. The van der Waals surface area contributed by atoms with E-state index in [2.05, 4.69) is 55.5 Å². The number of aldehydes is 1. The first-order valence-corrected chi connectivity index (χ1v) is 10.8. The fourth-order valence-corrected chi connectivity index (χ4v) is 4.36. The van der Waals surface area contributed by atoms with Gasteiger partial charge < -0.3 is 14.6 Å². The van der Waals surface area contributed by atoms with Crippen LogP contribution in [0.3, 0.4) is 0 Å². The first kappa shape index (κ1) is 21.3. The molecule has 160 valence electrons. The van der Waals surface area contributed by atoms with Crippen molar-refractivity contribution >= 4 is 6.29 Å². The minimum atomic E-state index is -0.422. The Balaban J connectivity index is 1.44. The summed E-state index contributed by atoms with van der Waals surface area (Å²) in [4.78, 5) is 13.3. The Morgan fingerprint density at radius 2 is 1.87 bits per heavy atom. The number of aryl methyl sites for hydroxylation is 1. The number of aliphatic hydroxyl groups is 1. The second-order valence-electron chi connectivity index (χ2n) is 8.37. The normalized spacial score (nSPS) is 18.8. The molecule has 0 radical (unpaired) electrons. The van der Waals surface area contributed by atoms with Gasteiger partial charge in [-0.25, -0.2) is 0 Å². The van der Waals surface area contributed by atoms with Crippen molar-refractivity contribution in [2.24, 2.45) is 0 Å². The topological polar surface area (TPSA) is 49.8 Å². The predicted octanol–water partition coefficient (Wildman–Crippen LogP) is 4.68. The summed E-state index contributed by atoms with van der Waals surface area (Å²) in [6.45, 7) is 5.89. The maximum absolute atomic E-state index is 11.3. The summed E-state index contributed by atoms with van der Waals surface area (Å²) in [6.07, 6.45) is 1.03. The van der Waals surface area contributed by atoms with Gasteiger partial charge >= 0.3 is 0 Å². The van der Waals surface area contributed by atoms with E-state index in [9.17, 15) is 9.90 Å². The molecule has 1 heterocycles. The number of hydrogen-bond acceptors (Lipinski definition) is 4. The zero-order valence-corrected chi connectivity index (χ0v) is 18.1.